The number of thiazole rings is 1. The lowest BCUT2D eigenvalue weighted by molar-refractivity contribution is -0.385. The molecular weight excluding hydrogens is 453 g/mol. The van der Waals surface area contributed by atoms with Crippen molar-refractivity contribution in [1.82, 2.24) is 15.6 Å². The van der Waals surface area contributed by atoms with E-state index >= 15 is 0 Å². The molecule has 0 saturated carbocycles. The van der Waals surface area contributed by atoms with Gasteiger partial charge in [0.1, 0.15) is 5.01 Å². The summed E-state index contributed by atoms with van der Waals surface area (Å²) in [5, 5.41) is 18.4. The Bertz CT molecular complexity index is 720. The Hall–Kier alpha value is -1.75. The highest BCUT2D eigenvalue weighted by atomic mass is 127. The first-order valence-corrected chi connectivity index (χ1v) is 8.63. The van der Waals surface area contributed by atoms with Gasteiger partial charge in [-0.3, -0.25) is 10.1 Å². The van der Waals surface area contributed by atoms with Gasteiger partial charge in [0.15, 0.2) is 5.96 Å². The second-order valence-electron chi connectivity index (χ2n) is 5.01. The number of aryl methyl sites for hydroxylation is 1. The Morgan fingerprint density at radius 3 is 2.72 bits per heavy atom. The lowest BCUT2D eigenvalue weighted by atomic mass is 10.2. The average Bonchev–Trinajstić information content (AvgIpc) is 3.05. The number of nitrogens with zero attached hydrogens (tertiary/aromatic N) is 3. The van der Waals surface area contributed by atoms with Crippen LogP contribution in [-0.4, -0.2) is 22.4 Å². The molecule has 9 heteroatoms. The van der Waals surface area contributed by atoms with Gasteiger partial charge in [0.2, 0.25) is 0 Å². The van der Waals surface area contributed by atoms with Crippen molar-refractivity contribution >= 4 is 47.0 Å². The van der Waals surface area contributed by atoms with E-state index in [1.165, 1.54) is 10.9 Å². The van der Waals surface area contributed by atoms with Gasteiger partial charge in [0.05, 0.1) is 23.6 Å². The normalized spacial score (nSPS) is 10.9. The molecule has 7 nitrogen and oxygen atoms in total. The van der Waals surface area contributed by atoms with Gasteiger partial charge >= 0.3 is 0 Å². The molecule has 136 valence electrons. The van der Waals surface area contributed by atoms with Crippen molar-refractivity contribution < 1.29 is 4.92 Å². The topological polar surface area (TPSA) is 92.5 Å². The van der Waals surface area contributed by atoms with Crippen LogP contribution >= 0.6 is 35.3 Å². The smallest absolute Gasteiger partial charge is 0.274 e. The molecule has 0 amide bonds. The van der Waals surface area contributed by atoms with Crippen LogP contribution in [0.15, 0.2) is 35.5 Å². The summed E-state index contributed by atoms with van der Waals surface area (Å²) in [6, 6.07) is 6.65. The van der Waals surface area contributed by atoms with E-state index in [0.29, 0.717) is 24.6 Å². The van der Waals surface area contributed by atoms with Crippen LogP contribution in [0.4, 0.5) is 5.69 Å². The number of hydrogen-bond acceptors (Lipinski definition) is 5. The number of para-hydroxylation sites is 1. The van der Waals surface area contributed by atoms with Crippen LogP contribution in [0.3, 0.4) is 0 Å². The molecule has 0 atom stereocenters. The fourth-order valence-electron chi connectivity index (χ4n) is 2.08. The summed E-state index contributed by atoms with van der Waals surface area (Å²) in [4.78, 5) is 20.7. The van der Waals surface area contributed by atoms with Crippen LogP contribution in [0.2, 0.25) is 0 Å². The van der Waals surface area contributed by atoms with Gasteiger partial charge in [-0.1, -0.05) is 25.1 Å². The molecule has 1 aromatic heterocycles. The number of benzene rings is 1. The summed E-state index contributed by atoms with van der Waals surface area (Å²) in [7, 11) is 0. The summed E-state index contributed by atoms with van der Waals surface area (Å²) >= 11 is 1.67. The molecule has 0 bridgehead atoms. The maximum absolute atomic E-state index is 11.1. The molecule has 0 aliphatic heterocycles. The average molecular weight is 475 g/mol. The molecule has 25 heavy (non-hydrogen) atoms. The molecule has 1 heterocycles. The molecule has 2 N–H and O–H groups in total. The third-order valence-corrected chi connectivity index (χ3v) is 4.44. The zero-order chi connectivity index (χ0) is 17.4. The Balaban J connectivity index is 0.00000312. The van der Waals surface area contributed by atoms with Gasteiger partial charge < -0.3 is 10.6 Å². The van der Waals surface area contributed by atoms with Crippen molar-refractivity contribution in [3.63, 3.8) is 0 Å². The minimum Gasteiger partial charge on any atom is -0.357 e. The minimum absolute atomic E-state index is 0. The van der Waals surface area contributed by atoms with E-state index in [2.05, 4.69) is 27.5 Å². The van der Waals surface area contributed by atoms with E-state index in [4.69, 9.17) is 0 Å². The Labute approximate surface area is 168 Å². The Kier molecular flexibility index (Phi) is 9.35. The van der Waals surface area contributed by atoms with Gasteiger partial charge in [-0.25, -0.2) is 9.98 Å². The third-order valence-electron chi connectivity index (χ3n) is 3.30. The number of halogens is 1. The molecule has 2 aromatic rings. The van der Waals surface area contributed by atoms with E-state index in [9.17, 15) is 10.1 Å². The lowest BCUT2D eigenvalue weighted by Crippen LogP contribution is -2.36. The second-order valence-corrected chi connectivity index (χ2v) is 6.21. The number of aromatic nitrogens is 1. The maximum Gasteiger partial charge on any atom is 0.274 e. The van der Waals surface area contributed by atoms with Crippen molar-refractivity contribution in [2.75, 3.05) is 6.54 Å². The molecule has 0 radical (unpaired) electrons. The number of nitro benzene ring substituents is 1. The van der Waals surface area contributed by atoms with Gasteiger partial charge in [0, 0.05) is 23.7 Å². The molecule has 0 fully saturated rings. The molecule has 0 saturated heterocycles. The highest BCUT2D eigenvalue weighted by Crippen LogP contribution is 2.18. The van der Waals surface area contributed by atoms with E-state index < -0.39 is 0 Å². The van der Waals surface area contributed by atoms with Crippen LogP contribution in [0.5, 0.6) is 0 Å². The van der Waals surface area contributed by atoms with Crippen molar-refractivity contribution in [3.05, 3.63) is 56.0 Å². The first-order chi connectivity index (χ1) is 11.6. The zero-order valence-electron chi connectivity index (χ0n) is 14.2. The van der Waals surface area contributed by atoms with E-state index in [0.717, 1.165) is 11.4 Å². The lowest BCUT2D eigenvalue weighted by Gasteiger charge is -2.10. The van der Waals surface area contributed by atoms with Gasteiger partial charge in [0.25, 0.3) is 5.69 Å². The maximum atomic E-state index is 11.1. The number of rotatable bonds is 7. The van der Waals surface area contributed by atoms with Gasteiger partial charge in [-0.15, -0.1) is 35.3 Å². The highest BCUT2D eigenvalue weighted by molar-refractivity contribution is 14.0. The molecule has 1 aromatic carbocycles. The third kappa shape index (κ3) is 6.58. The minimum atomic E-state index is -0.382. The number of aliphatic imine (C=N–C) groups is 1. The predicted molar refractivity (Wildman–Crippen MR) is 112 cm³/mol. The fourth-order valence-corrected chi connectivity index (χ4v) is 2.88. The standard InChI is InChI=1S/C16H21N5O2S.HI/c1-3-13-10-18-15(24-13)11-20-16(17-4-2)19-9-12-7-5-6-8-14(12)21(22)23;/h5-8,10H,3-4,9,11H2,1-2H3,(H2,17,19,20);1H. The summed E-state index contributed by atoms with van der Waals surface area (Å²) in [6.45, 7) is 5.60. The van der Waals surface area contributed by atoms with Crippen LogP contribution in [0.25, 0.3) is 0 Å². The Morgan fingerprint density at radius 1 is 1.32 bits per heavy atom. The van der Waals surface area contributed by atoms with E-state index in [-0.39, 0.29) is 41.1 Å². The van der Waals surface area contributed by atoms with Gasteiger partial charge in [-0.05, 0) is 13.3 Å². The van der Waals surface area contributed by atoms with Crippen LogP contribution in [0, 0.1) is 10.1 Å². The SMILES string of the molecule is CCNC(=NCc1ccccc1[N+](=O)[O-])NCc1ncc(CC)s1.I. The number of nitro groups is 1. The van der Waals surface area contributed by atoms with Crippen LogP contribution in [-0.2, 0) is 19.5 Å². The zero-order valence-corrected chi connectivity index (χ0v) is 17.3. The quantitative estimate of drug-likeness (QED) is 0.210. The molecular formula is C16H22IN5O2S. The number of nitrogens with one attached hydrogen (secondary N) is 2. The summed E-state index contributed by atoms with van der Waals surface area (Å²) in [6.07, 6.45) is 2.86. The Morgan fingerprint density at radius 2 is 2.08 bits per heavy atom. The van der Waals surface area contributed by atoms with Crippen molar-refractivity contribution in [2.45, 2.75) is 33.4 Å². The molecule has 0 spiro atoms. The van der Waals surface area contributed by atoms with Crippen molar-refractivity contribution in [1.29, 1.82) is 0 Å². The van der Waals surface area contributed by atoms with Crippen LogP contribution in [0.1, 0.15) is 29.3 Å². The molecule has 0 unspecified atom stereocenters. The molecule has 2 rings (SSSR count). The fraction of sp³-hybridized carbons (Fsp3) is 0.375. The predicted octanol–water partition coefficient (Wildman–Crippen LogP) is 3.49. The first kappa shape index (κ1) is 21.3. The monoisotopic (exact) mass is 475 g/mol. The van der Waals surface area contributed by atoms with Gasteiger partial charge in [-0.2, -0.15) is 0 Å². The van der Waals surface area contributed by atoms with E-state index in [1.54, 1.807) is 29.5 Å². The molecule has 0 aliphatic rings. The van der Waals surface area contributed by atoms with E-state index in [1.807, 2.05) is 13.1 Å². The van der Waals surface area contributed by atoms with Crippen LogP contribution < -0.4 is 10.6 Å². The molecule has 0 aliphatic carbocycles. The number of hydrogen-bond donors (Lipinski definition) is 2. The van der Waals surface area contributed by atoms with Crippen molar-refractivity contribution in [2.24, 2.45) is 4.99 Å². The van der Waals surface area contributed by atoms with Crippen molar-refractivity contribution in [3.8, 4) is 0 Å². The summed E-state index contributed by atoms with van der Waals surface area (Å²) in [5.41, 5.74) is 0.673. The highest BCUT2D eigenvalue weighted by Gasteiger charge is 2.11. The summed E-state index contributed by atoms with van der Waals surface area (Å²) in [5.74, 6) is 0.615. The largest absolute Gasteiger partial charge is 0.357 e. The summed E-state index contributed by atoms with van der Waals surface area (Å²) < 4.78 is 0. The number of guanidine groups is 1. The second kappa shape index (κ2) is 11.0. The first-order valence-electron chi connectivity index (χ1n) is 7.82.